The van der Waals surface area contributed by atoms with Crippen LogP contribution < -0.4 is 10.2 Å². The summed E-state index contributed by atoms with van der Waals surface area (Å²) in [4.78, 5) is 35.9. The number of carbonyl (C=O) groups excluding carboxylic acids is 3. The minimum atomic E-state index is -1.04. The van der Waals surface area contributed by atoms with Gasteiger partial charge < -0.3 is 10.1 Å². The van der Waals surface area contributed by atoms with Crippen LogP contribution in [0.1, 0.15) is 12.0 Å². The van der Waals surface area contributed by atoms with Crippen molar-refractivity contribution in [2.75, 3.05) is 24.4 Å². The van der Waals surface area contributed by atoms with Crippen LogP contribution in [0, 0.1) is 0 Å². The second kappa shape index (κ2) is 5.09. The minimum Gasteiger partial charge on any atom is -0.462 e. The van der Waals surface area contributed by atoms with Crippen LogP contribution in [0.5, 0.6) is 0 Å². The van der Waals surface area contributed by atoms with Crippen molar-refractivity contribution in [1.82, 2.24) is 0 Å². The highest BCUT2D eigenvalue weighted by Gasteiger charge is 2.33. The lowest BCUT2D eigenvalue weighted by Crippen LogP contribution is -2.44. The normalized spacial score (nSPS) is 13.8. The lowest BCUT2D eigenvalue weighted by atomic mass is 10.0. The topological polar surface area (TPSA) is 75.7 Å². The Balaban J connectivity index is 2.44. The van der Waals surface area contributed by atoms with E-state index in [0.717, 1.165) is 23.3 Å². The summed E-state index contributed by atoms with van der Waals surface area (Å²) >= 11 is 0. The number of carbonyl (C=O) groups is 3. The van der Waals surface area contributed by atoms with Crippen molar-refractivity contribution >= 4 is 29.2 Å². The molecule has 2 rings (SSSR count). The molecule has 0 fully saturated rings. The quantitative estimate of drug-likeness (QED) is 0.596. The van der Waals surface area contributed by atoms with Gasteiger partial charge in [0.2, 0.25) is 5.91 Å². The van der Waals surface area contributed by atoms with Crippen molar-refractivity contribution in [2.45, 2.75) is 12.8 Å². The summed E-state index contributed by atoms with van der Waals surface area (Å²) in [5, 5.41) is 2.99. The first-order chi connectivity index (χ1) is 9.08. The summed E-state index contributed by atoms with van der Waals surface area (Å²) in [6, 6.07) is 5.26. The van der Waals surface area contributed by atoms with E-state index in [1.165, 1.54) is 0 Å². The number of rotatable bonds is 1. The van der Waals surface area contributed by atoms with E-state index in [2.05, 4.69) is 10.1 Å². The third-order valence-electron chi connectivity index (χ3n) is 3.03. The average Bonchev–Trinajstić information content (AvgIpc) is 2.45. The highest BCUT2D eigenvalue weighted by atomic mass is 16.5. The van der Waals surface area contributed by atoms with Crippen molar-refractivity contribution in [3.8, 4) is 0 Å². The van der Waals surface area contributed by atoms with Crippen molar-refractivity contribution in [1.29, 1.82) is 0 Å². The number of amides is 2. The number of imide groups is 1. The van der Waals surface area contributed by atoms with Gasteiger partial charge in [-0.25, -0.2) is 9.69 Å². The number of esters is 1. The molecule has 0 spiro atoms. The third-order valence-corrected chi connectivity index (χ3v) is 3.03. The van der Waals surface area contributed by atoms with Gasteiger partial charge in [-0.1, -0.05) is 0 Å². The number of nitrogens with zero attached hydrogens (tertiary/aromatic N) is 1. The maximum atomic E-state index is 11.9. The number of nitrogens with one attached hydrogen (secondary N) is 1. The van der Waals surface area contributed by atoms with Crippen LogP contribution in [0.15, 0.2) is 18.2 Å². The lowest BCUT2D eigenvalue weighted by Gasteiger charge is -2.27. The Morgan fingerprint density at radius 2 is 2.05 bits per heavy atom. The van der Waals surface area contributed by atoms with Crippen LogP contribution in [0.3, 0.4) is 0 Å². The lowest BCUT2D eigenvalue weighted by molar-refractivity contribution is -0.152. The molecule has 1 aromatic rings. The number of aryl methyl sites for hydroxylation is 1. The Morgan fingerprint density at radius 1 is 1.32 bits per heavy atom. The van der Waals surface area contributed by atoms with E-state index in [4.69, 9.17) is 0 Å². The van der Waals surface area contributed by atoms with Gasteiger partial charge >= 0.3 is 11.9 Å². The van der Waals surface area contributed by atoms with Gasteiger partial charge in [-0.3, -0.25) is 9.59 Å². The molecule has 1 aliphatic rings. The number of hydrogen-bond donors (Lipinski definition) is 1. The van der Waals surface area contributed by atoms with Gasteiger partial charge in [-0.05, 0) is 30.2 Å². The molecule has 0 saturated carbocycles. The standard InChI is InChI=1S/C13H14N2O4/c1-14-9-4-5-10-8(7-9)3-6-11(16)15(10)12(17)13(18)19-2/h4-5,7,14H,3,6H2,1-2H3. The molecule has 19 heavy (non-hydrogen) atoms. The Morgan fingerprint density at radius 3 is 2.68 bits per heavy atom. The molecule has 100 valence electrons. The maximum Gasteiger partial charge on any atom is 0.397 e. The zero-order chi connectivity index (χ0) is 14.0. The van der Waals surface area contributed by atoms with Gasteiger partial charge in [0.15, 0.2) is 0 Å². The molecule has 2 amide bonds. The predicted molar refractivity (Wildman–Crippen MR) is 68.8 cm³/mol. The molecule has 0 radical (unpaired) electrons. The first kappa shape index (κ1) is 13.1. The Hall–Kier alpha value is -2.37. The van der Waals surface area contributed by atoms with Crippen molar-refractivity contribution in [3.63, 3.8) is 0 Å². The number of methoxy groups -OCH3 is 1. The summed E-state index contributed by atoms with van der Waals surface area (Å²) in [5.74, 6) is -2.38. The number of benzene rings is 1. The second-order valence-corrected chi connectivity index (χ2v) is 4.12. The van der Waals surface area contributed by atoms with Crippen LogP contribution in [0.4, 0.5) is 11.4 Å². The molecule has 6 nitrogen and oxygen atoms in total. The van der Waals surface area contributed by atoms with Gasteiger partial charge in [0.25, 0.3) is 0 Å². The van der Waals surface area contributed by atoms with E-state index in [-0.39, 0.29) is 12.3 Å². The number of fused-ring (bicyclic) bond motifs is 1. The van der Waals surface area contributed by atoms with Crippen LogP contribution in [0.2, 0.25) is 0 Å². The van der Waals surface area contributed by atoms with Crippen LogP contribution >= 0.6 is 0 Å². The van der Waals surface area contributed by atoms with Crippen molar-refractivity contribution in [3.05, 3.63) is 23.8 Å². The predicted octanol–water partition coefficient (Wildman–Crippen LogP) is 0.707. The first-order valence-corrected chi connectivity index (χ1v) is 5.84. The van der Waals surface area contributed by atoms with E-state index in [1.807, 2.05) is 6.07 Å². The summed E-state index contributed by atoms with van der Waals surface area (Å²) in [6.07, 6.45) is 0.748. The van der Waals surface area contributed by atoms with Crippen molar-refractivity contribution < 1.29 is 19.1 Å². The maximum absolute atomic E-state index is 11.9. The Labute approximate surface area is 110 Å². The van der Waals surface area contributed by atoms with Crippen LogP contribution in [-0.2, 0) is 25.5 Å². The van der Waals surface area contributed by atoms with E-state index < -0.39 is 11.9 Å². The molecule has 0 saturated heterocycles. The van der Waals surface area contributed by atoms with Gasteiger partial charge in [-0.2, -0.15) is 0 Å². The van der Waals surface area contributed by atoms with Crippen LogP contribution in [0.25, 0.3) is 0 Å². The molecule has 0 bridgehead atoms. The zero-order valence-corrected chi connectivity index (χ0v) is 10.7. The summed E-state index contributed by atoms with van der Waals surface area (Å²) in [6.45, 7) is 0. The molecule has 6 heteroatoms. The summed E-state index contributed by atoms with van der Waals surface area (Å²) < 4.78 is 4.38. The fourth-order valence-corrected chi connectivity index (χ4v) is 2.05. The number of ether oxygens (including phenoxy) is 1. The molecule has 1 N–H and O–H groups in total. The molecular formula is C13H14N2O4. The van der Waals surface area contributed by atoms with Gasteiger partial charge in [0.05, 0.1) is 12.8 Å². The van der Waals surface area contributed by atoms with Gasteiger partial charge in [0, 0.05) is 19.2 Å². The van der Waals surface area contributed by atoms with E-state index >= 15 is 0 Å². The monoisotopic (exact) mass is 262 g/mol. The molecular weight excluding hydrogens is 248 g/mol. The highest BCUT2D eigenvalue weighted by molar-refractivity contribution is 6.43. The highest BCUT2D eigenvalue weighted by Crippen LogP contribution is 2.30. The SMILES string of the molecule is CNc1ccc2c(c1)CCC(=O)N2C(=O)C(=O)OC. The molecule has 0 atom stereocenters. The van der Waals surface area contributed by atoms with Gasteiger partial charge in [0.1, 0.15) is 0 Å². The van der Waals surface area contributed by atoms with E-state index in [9.17, 15) is 14.4 Å². The average molecular weight is 262 g/mol. The Bertz CT molecular complexity index is 554. The summed E-state index contributed by atoms with van der Waals surface area (Å²) in [5.41, 5.74) is 2.19. The molecule has 0 aliphatic carbocycles. The second-order valence-electron chi connectivity index (χ2n) is 4.12. The minimum absolute atomic E-state index is 0.197. The van der Waals surface area contributed by atoms with E-state index in [1.54, 1.807) is 19.2 Å². The fraction of sp³-hybridized carbons (Fsp3) is 0.308. The summed E-state index contributed by atoms with van der Waals surface area (Å²) in [7, 11) is 2.90. The third kappa shape index (κ3) is 2.29. The molecule has 0 unspecified atom stereocenters. The molecule has 1 aliphatic heterocycles. The van der Waals surface area contributed by atoms with Crippen molar-refractivity contribution in [2.24, 2.45) is 0 Å². The number of hydrogen-bond acceptors (Lipinski definition) is 5. The number of anilines is 2. The molecule has 1 aromatic carbocycles. The zero-order valence-electron chi connectivity index (χ0n) is 10.7. The first-order valence-electron chi connectivity index (χ1n) is 5.84. The van der Waals surface area contributed by atoms with E-state index in [0.29, 0.717) is 12.1 Å². The van der Waals surface area contributed by atoms with Gasteiger partial charge in [-0.15, -0.1) is 0 Å². The molecule has 1 heterocycles. The van der Waals surface area contributed by atoms with Crippen LogP contribution in [-0.4, -0.2) is 31.9 Å². The largest absolute Gasteiger partial charge is 0.462 e. The molecule has 0 aromatic heterocycles. The Kier molecular flexibility index (Phi) is 3.50. The fourth-order valence-electron chi connectivity index (χ4n) is 2.05. The smallest absolute Gasteiger partial charge is 0.397 e.